The van der Waals surface area contributed by atoms with Gasteiger partial charge in [-0.25, -0.2) is 14.8 Å². The van der Waals surface area contributed by atoms with Crippen LogP contribution in [-0.2, 0) is 20.9 Å². The van der Waals surface area contributed by atoms with Crippen LogP contribution < -0.4 is 21.7 Å². The van der Waals surface area contributed by atoms with Gasteiger partial charge in [0.2, 0.25) is 5.95 Å². The van der Waals surface area contributed by atoms with Crippen LogP contribution in [-0.4, -0.2) is 50.9 Å². The molecule has 2 aromatic heterocycles. The second kappa shape index (κ2) is 8.41. The molecule has 0 saturated carbocycles. The summed E-state index contributed by atoms with van der Waals surface area (Å²) in [5, 5.41) is 2.59. The number of nitrogens with two attached hydrogens (primary N) is 2. The molecule has 164 valence electrons. The molecular weight excluding hydrogens is 416 g/mol. The number of esters is 2. The number of carbonyl (C=O) groups excluding carboxylic acids is 3. The number of carbonyl (C=O) groups is 3. The van der Waals surface area contributed by atoms with Crippen molar-refractivity contribution in [3.63, 3.8) is 0 Å². The van der Waals surface area contributed by atoms with E-state index >= 15 is 0 Å². The number of aromatic nitrogens is 4. The molecule has 3 heterocycles. The third-order valence-corrected chi connectivity index (χ3v) is 4.91. The Balaban J connectivity index is 1.42. The molecule has 1 aromatic carbocycles. The maximum absolute atomic E-state index is 12.4. The molecule has 1 amide bonds. The SMILES string of the molecule is CN(Cc1cnc2nc(N)nc(N)c2n1)c1ccc(C(=O)N[C@@H]2CCC(=O)OC2=O)cc1. The first-order chi connectivity index (χ1) is 15.3. The van der Waals surface area contributed by atoms with Crippen LogP contribution in [0.4, 0.5) is 17.5 Å². The number of rotatable bonds is 5. The van der Waals surface area contributed by atoms with Crippen LogP contribution >= 0.6 is 0 Å². The summed E-state index contributed by atoms with van der Waals surface area (Å²) in [4.78, 5) is 53.8. The highest BCUT2D eigenvalue weighted by atomic mass is 16.6. The van der Waals surface area contributed by atoms with Gasteiger partial charge in [0.1, 0.15) is 6.04 Å². The number of nitrogens with one attached hydrogen (secondary N) is 1. The summed E-state index contributed by atoms with van der Waals surface area (Å²) in [6.45, 7) is 0.417. The number of fused-ring (bicyclic) bond motifs is 1. The van der Waals surface area contributed by atoms with Crippen LogP contribution in [0.25, 0.3) is 11.2 Å². The lowest BCUT2D eigenvalue weighted by molar-refractivity contribution is -0.165. The lowest BCUT2D eigenvalue weighted by Crippen LogP contribution is -2.45. The molecule has 1 atom stereocenters. The minimum Gasteiger partial charge on any atom is -0.392 e. The highest BCUT2D eigenvalue weighted by Crippen LogP contribution is 2.19. The number of cyclic esters (lactones) is 2. The minimum atomic E-state index is -0.833. The van der Waals surface area contributed by atoms with Crippen LogP contribution in [0, 0.1) is 0 Å². The van der Waals surface area contributed by atoms with Gasteiger partial charge in [0, 0.05) is 24.7 Å². The molecular formula is C20H20N8O4. The number of anilines is 3. The highest BCUT2D eigenvalue weighted by Gasteiger charge is 2.30. The lowest BCUT2D eigenvalue weighted by Gasteiger charge is -2.21. The minimum absolute atomic E-state index is 0.0344. The summed E-state index contributed by atoms with van der Waals surface area (Å²) in [5.74, 6) is -1.55. The molecule has 1 aliphatic rings. The van der Waals surface area contributed by atoms with Gasteiger partial charge in [-0.05, 0) is 30.7 Å². The molecule has 0 spiro atoms. The molecule has 0 bridgehead atoms. The first-order valence-electron chi connectivity index (χ1n) is 9.71. The van der Waals surface area contributed by atoms with Crippen molar-refractivity contribution in [2.75, 3.05) is 23.4 Å². The van der Waals surface area contributed by atoms with Crippen molar-refractivity contribution in [3.8, 4) is 0 Å². The average molecular weight is 436 g/mol. The number of hydrogen-bond donors (Lipinski definition) is 3. The summed E-state index contributed by atoms with van der Waals surface area (Å²) >= 11 is 0. The Hall–Kier alpha value is -4.35. The molecule has 4 rings (SSSR count). The van der Waals surface area contributed by atoms with Gasteiger partial charge in [0.15, 0.2) is 17.0 Å². The zero-order chi connectivity index (χ0) is 22.8. The van der Waals surface area contributed by atoms with Crippen LogP contribution in [0.15, 0.2) is 30.5 Å². The van der Waals surface area contributed by atoms with Gasteiger partial charge in [-0.2, -0.15) is 9.97 Å². The van der Waals surface area contributed by atoms with E-state index in [9.17, 15) is 14.4 Å². The maximum Gasteiger partial charge on any atom is 0.336 e. The van der Waals surface area contributed by atoms with Crippen molar-refractivity contribution in [3.05, 3.63) is 41.7 Å². The van der Waals surface area contributed by atoms with Crippen LogP contribution in [0.3, 0.4) is 0 Å². The number of nitrogens with zero attached hydrogens (tertiary/aromatic N) is 5. The Kier molecular flexibility index (Phi) is 5.50. The largest absolute Gasteiger partial charge is 0.392 e. The highest BCUT2D eigenvalue weighted by molar-refractivity contribution is 5.99. The standard InChI is InChI=1S/C20H20N8O4/c1-28(9-11-8-23-17-15(24-11)16(21)26-20(22)27-17)12-4-2-10(3-5-12)18(30)25-13-6-7-14(29)32-19(13)31/h2-5,8,13H,6-7,9H2,1H3,(H,25,30)(H4,21,22,23,26,27)/t13-/m1/s1. The van der Waals surface area contributed by atoms with E-state index in [2.05, 4.69) is 30.0 Å². The summed E-state index contributed by atoms with van der Waals surface area (Å²) < 4.78 is 4.55. The van der Waals surface area contributed by atoms with E-state index in [1.54, 1.807) is 30.5 Å². The normalized spacial score (nSPS) is 16.0. The quantitative estimate of drug-likeness (QED) is 0.367. The van der Waals surface area contributed by atoms with E-state index in [0.29, 0.717) is 29.0 Å². The second-order valence-corrected chi connectivity index (χ2v) is 7.26. The summed E-state index contributed by atoms with van der Waals surface area (Å²) in [5.41, 5.74) is 14.0. The van der Waals surface area contributed by atoms with Crippen molar-refractivity contribution in [2.45, 2.75) is 25.4 Å². The maximum atomic E-state index is 12.4. The predicted octanol–water partition coefficient (Wildman–Crippen LogP) is 0.183. The fourth-order valence-corrected chi connectivity index (χ4v) is 3.25. The molecule has 1 saturated heterocycles. The van der Waals surface area contributed by atoms with Crippen molar-refractivity contribution >= 4 is 46.5 Å². The van der Waals surface area contributed by atoms with Crippen molar-refractivity contribution in [2.24, 2.45) is 0 Å². The van der Waals surface area contributed by atoms with Gasteiger partial charge >= 0.3 is 11.9 Å². The first kappa shape index (κ1) is 20.9. The molecule has 5 N–H and O–H groups in total. The summed E-state index contributed by atoms with van der Waals surface area (Å²) in [6, 6.07) is 5.98. The van der Waals surface area contributed by atoms with Gasteiger partial charge in [-0.3, -0.25) is 9.59 Å². The van der Waals surface area contributed by atoms with Gasteiger partial charge < -0.3 is 26.4 Å². The summed E-state index contributed by atoms with van der Waals surface area (Å²) in [6.07, 6.45) is 1.89. The Bertz CT molecular complexity index is 1210. The molecule has 1 fully saturated rings. The number of nitrogen functional groups attached to an aromatic ring is 2. The monoisotopic (exact) mass is 436 g/mol. The van der Waals surface area contributed by atoms with E-state index in [0.717, 1.165) is 5.69 Å². The summed E-state index contributed by atoms with van der Waals surface area (Å²) in [7, 11) is 1.86. The van der Waals surface area contributed by atoms with Crippen molar-refractivity contribution in [1.82, 2.24) is 25.3 Å². The Morgan fingerprint density at radius 3 is 2.66 bits per heavy atom. The molecule has 0 aliphatic carbocycles. The Morgan fingerprint density at radius 1 is 1.19 bits per heavy atom. The van der Waals surface area contributed by atoms with E-state index in [4.69, 9.17) is 11.5 Å². The fraction of sp³-hybridized carbons (Fsp3) is 0.250. The van der Waals surface area contributed by atoms with E-state index in [-0.39, 0.29) is 24.6 Å². The smallest absolute Gasteiger partial charge is 0.336 e. The molecule has 0 radical (unpaired) electrons. The van der Waals surface area contributed by atoms with Crippen LogP contribution in [0.1, 0.15) is 28.9 Å². The molecule has 3 aromatic rings. The third-order valence-electron chi connectivity index (χ3n) is 4.91. The topological polar surface area (TPSA) is 179 Å². The number of hydrogen-bond acceptors (Lipinski definition) is 11. The fourth-order valence-electron chi connectivity index (χ4n) is 3.25. The van der Waals surface area contributed by atoms with Crippen LogP contribution in [0.5, 0.6) is 0 Å². The van der Waals surface area contributed by atoms with E-state index in [1.807, 2.05) is 11.9 Å². The zero-order valence-corrected chi connectivity index (χ0v) is 17.1. The average Bonchev–Trinajstić information content (AvgIpc) is 2.76. The van der Waals surface area contributed by atoms with E-state index in [1.165, 1.54) is 0 Å². The first-order valence-corrected chi connectivity index (χ1v) is 9.71. The Labute approximate surface area is 182 Å². The lowest BCUT2D eigenvalue weighted by atomic mass is 10.1. The predicted molar refractivity (Wildman–Crippen MR) is 114 cm³/mol. The number of amides is 1. The van der Waals surface area contributed by atoms with Gasteiger partial charge in [0.25, 0.3) is 5.91 Å². The van der Waals surface area contributed by atoms with Gasteiger partial charge in [0.05, 0.1) is 18.4 Å². The number of benzene rings is 1. The van der Waals surface area contributed by atoms with Crippen molar-refractivity contribution < 1.29 is 19.1 Å². The third kappa shape index (κ3) is 4.38. The van der Waals surface area contributed by atoms with Gasteiger partial charge in [-0.1, -0.05) is 0 Å². The molecule has 32 heavy (non-hydrogen) atoms. The molecule has 12 heteroatoms. The zero-order valence-electron chi connectivity index (χ0n) is 17.1. The Morgan fingerprint density at radius 2 is 1.94 bits per heavy atom. The van der Waals surface area contributed by atoms with Crippen molar-refractivity contribution in [1.29, 1.82) is 0 Å². The van der Waals surface area contributed by atoms with Crippen LogP contribution in [0.2, 0.25) is 0 Å². The molecule has 12 nitrogen and oxygen atoms in total. The molecule has 1 aliphatic heterocycles. The van der Waals surface area contributed by atoms with E-state index < -0.39 is 23.9 Å². The number of ether oxygens (including phenoxy) is 1. The van der Waals surface area contributed by atoms with Gasteiger partial charge in [-0.15, -0.1) is 0 Å². The molecule has 0 unspecified atom stereocenters. The second-order valence-electron chi connectivity index (χ2n) is 7.26.